The highest BCUT2D eigenvalue weighted by atomic mass is 32.2. The van der Waals surface area contributed by atoms with Gasteiger partial charge in [-0.25, -0.2) is 0 Å². The van der Waals surface area contributed by atoms with Gasteiger partial charge in [-0.1, -0.05) is 51.1 Å². The summed E-state index contributed by atoms with van der Waals surface area (Å²) in [7, 11) is 0. The van der Waals surface area contributed by atoms with Gasteiger partial charge in [0.05, 0.1) is 0 Å². The molecule has 1 aromatic carbocycles. The van der Waals surface area contributed by atoms with E-state index in [1.165, 1.54) is 36.3 Å². The van der Waals surface area contributed by atoms with E-state index in [0.717, 1.165) is 11.8 Å². The minimum absolute atomic E-state index is 0.809. The van der Waals surface area contributed by atoms with Crippen LogP contribution in [0.2, 0.25) is 0 Å². The molecule has 0 nitrogen and oxygen atoms in total. The molecule has 0 fully saturated rings. The Morgan fingerprint density at radius 3 is 2.24 bits per heavy atom. The zero-order chi connectivity index (χ0) is 12.5. The van der Waals surface area contributed by atoms with E-state index in [1.807, 2.05) is 0 Å². The molecule has 0 saturated carbocycles. The van der Waals surface area contributed by atoms with Gasteiger partial charge in [0, 0.05) is 0 Å². The molecule has 1 heteroatoms. The van der Waals surface area contributed by atoms with Gasteiger partial charge in [-0.05, 0) is 48.2 Å². The van der Waals surface area contributed by atoms with Crippen LogP contribution in [0.4, 0.5) is 0 Å². The Balaban J connectivity index is 2.07. The standard InChI is InChI=1S/C16H26S/c1-14(2)9-11-17-12-10-15(3)13-16-7-5-4-6-8-16/h4-8,14-15H,9-13H2,1-3H3. The predicted molar refractivity (Wildman–Crippen MR) is 80.7 cm³/mol. The summed E-state index contributed by atoms with van der Waals surface area (Å²) in [6.45, 7) is 6.98. The molecule has 1 rings (SSSR count). The lowest BCUT2D eigenvalue weighted by Gasteiger charge is -2.11. The average molecular weight is 250 g/mol. The summed E-state index contributed by atoms with van der Waals surface area (Å²) in [6.07, 6.45) is 3.93. The van der Waals surface area contributed by atoms with Crippen molar-refractivity contribution < 1.29 is 0 Å². The second-order valence-corrected chi connectivity index (χ2v) is 6.60. The van der Waals surface area contributed by atoms with E-state index in [0.29, 0.717) is 0 Å². The minimum Gasteiger partial charge on any atom is -0.162 e. The molecule has 17 heavy (non-hydrogen) atoms. The molecule has 0 aromatic heterocycles. The van der Waals surface area contributed by atoms with E-state index < -0.39 is 0 Å². The van der Waals surface area contributed by atoms with Crippen LogP contribution in [0.15, 0.2) is 30.3 Å². The van der Waals surface area contributed by atoms with Crippen LogP contribution in [0.3, 0.4) is 0 Å². The Kier molecular flexibility index (Phi) is 7.43. The van der Waals surface area contributed by atoms with Crippen LogP contribution in [0.1, 0.15) is 39.2 Å². The third kappa shape index (κ3) is 7.49. The highest BCUT2D eigenvalue weighted by molar-refractivity contribution is 7.99. The van der Waals surface area contributed by atoms with Crippen molar-refractivity contribution in [3.8, 4) is 0 Å². The number of benzene rings is 1. The summed E-state index contributed by atoms with van der Waals surface area (Å²) in [6, 6.07) is 10.8. The lowest BCUT2D eigenvalue weighted by molar-refractivity contribution is 0.564. The fraction of sp³-hybridized carbons (Fsp3) is 0.625. The molecule has 0 aliphatic rings. The second kappa shape index (κ2) is 8.63. The van der Waals surface area contributed by atoms with Gasteiger partial charge in [0.1, 0.15) is 0 Å². The molecule has 0 spiro atoms. The van der Waals surface area contributed by atoms with E-state index in [4.69, 9.17) is 0 Å². The van der Waals surface area contributed by atoms with Crippen molar-refractivity contribution >= 4 is 11.8 Å². The lowest BCUT2D eigenvalue weighted by atomic mass is 9.99. The number of rotatable bonds is 8. The monoisotopic (exact) mass is 250 g/mol. The molecule has 0 aliphatic heterocycles. The maximum Gasteiger partial charge on any atom is -0.00649 e. The first-order valence-corrected chi connectivity index (χ1v) is 7.95. The van der Waals surface area contributed by atoms with E-state index in [-0.39, 0.29) is 0 Å². The van der Waals surface area contributed by atoms with Crippen molar-refractivity contribution in [2.75, 3.05) is 11.5 Å². The van der Waals surface area contributed by atoms with Crippen molar-refractivity contribution in [1.82, 2.24) is 0 Å². The molecule has 0 heterocycles. The highest BCUT2D eigenvalue weighted by Gasteiger charge is 2.03. The van der Waals surface area contributed by atoms with E-state index in [2.05, 4.69) is 62.9 Å². The summed E-state index contributed by atoms with van der Waals surface area (Å²) < 4.78 is 0. The molecule has 1 aromatic rings. The summed E-state index contributed by atoms with van der Waals surface area (Å²) in [5, 5.41) is 0. The van der Waals surface area contributed by atoms with Gasteiger partial charge in [-0.15, -0.1) is 0 Å². The van der Waals surface area contributed by atoms with Crippen LogP contribution in [0.5, 0.6) is 0 Å². The van der Waals surface area contributed by atoms with Crippen LogP contribution in [-0.2, 0) is 6.42 Å². The zero-order valence-electron chi connectivity index (χ0n) is 11.5. The first kappa shape index (κ1) is 14.6. The molecule has 0 saturated heterocycles. The van der Waals surface area contributed by atoms with Gasteiger partial charge in [-0.2, -0.15) is 11.8 Å². The molecule has 0 aliphatic carbocycles. The van der Waals surface area contributed by atoms with Crippen LogP contribution in [-0.4, -0.2) is 11.5 Å². The Hall–Kier alpha value is -0.430. The fourth-order valence-electron chi connectivity index (χ4n) is 1.82. The summed E-state index contributed by atoms with van der Waals surface area (Å²) in [5.41, 5.74) is 1.48. The Morgan fingerprint density at radius 2 is 1.59 bits per heavy atom. The van der Waals surface area contributed by atoms with Crippen molar-refractivity contribution in [2.24, 2.45) is 11.8 Å². The smallest absolute Gasteiger partial charge is 0.00649 e. The topological polar surface area (TPSA) is 0 Å². The minimum atomic E-state index is 0.809. The van der Waals surface area contributed by atoms with Gasteiger partial charge in [-0.3, -0.25) is 0 Å². The molecule has 0 N–H and O–H groups in total. The molecule has 0 radical (unpaired) electrons. The van der Waals surface area contributed by atoms with Crippen LogP contribution >= 0.6 is 11.8 Å². The number of hydrogen-bond acceptors (Lipinski definition) is 1. The first-order chi connectivity index (χ1) is 8.18. The summed E-state index contributed by atoms with van der Waals surface area (Å²) in [4.78, 5) is 0. The fourth-order valence-corrected chi connectivity index (χ4v) is 3.24. The molecule has 0 amide bonds. The third-order valence-electron chi connectivity index (χ3n) is 3.02. The third-order valence-corrected chi connectivity index (χ3v) is 4.07. The second-order valence-electron chi connectivity index (χ2n) is 5.38. The number of hydrogen-bond donors (Lipinski definition) is 0. The van der Waals surface area contributed by atoms with Crippen LogP contribution < -0.4 is 0 Å². The van der Waals surface area contributed by atoms with Gasteiger partial charge < -0.3 is 0 Å². The maximum atomic E-state index is 2.37. The molecule has 1 unspecified atom stereocenters. The summed E-state index contributed by atoms with van der Waals surface area (Å²) >= 11 is 2.12. The van der Waals surface area contributed by atoms with Gasteiger partial charge in [0.2, 0.25) is 0 Å². The van der Waals surface area contributed by atoms with Crippen molar-refractivity contribution in [1.29, 1.82) is 0 Å². The molecule has 96 valence electrons. The van der Waals surface area contributed by atoms with E-state index in [1.54, 1.807) is 0 Å². The molecule has 0 bridgehead atoms. The zero-order valence-corrected chi connectivity index (χ0v) is 12.3. The quantitative estimate of drug-likeness (QED) is 0.583. The van der Waals surface area contributed by atoms with Crippen molar-refractivity contribution in [3.05, 3.63) is 35.9 Å². The van der Waals surface area contributed by atoms with Crippen LogP contribution in [0, 0.1) is 11.8 Å². The van der Waals surface area contributed by atoms with Crippen molar-refractivity contribution in [2.45, 2.75) is 40.0 Å². The molecule has 1 atom stereocenters. The lowest BCUT2D eigenvalue weighted by Crippen LogP contribution is -2.01. The van der Waals surface area contributed by atoms with Gasteiger partial charge in [0.15, 0.2) is 0 Å². The van der Waals surface area contributed by atoms with Crippen molar-refractivity contribution in [3.63, 3.8) is 0 Å². The normalized spacial score (nSPS) is 12.9. The Bertz CT molecular complexity index is 279. The highest BCUT2D eigenvalue weighted by Crippen LogP contribution is 2.16. The number of thioether (sulfide) groups is 1. The average Bonchev–Trinajstić information content (AvgIpc) is 2.29. The predicted octanol–water partition coefficient (Wildman–Crippen LogP) is 5.03. The SMILES string of the molecule is CC(C)CCSCCC(C)Cc1ccccc1. The Morgan fingerprint density at radius 1 is 0.941 bits per heavy atom. The van der Waals surface area contributed by atoms with E-state index in [9.17, 15) is 0 Å². The van der Waals surface area contributed by atoms with Gasteiger partial charge >= 0.3 is 0 Å². The van der Waals surface area contributed by atoms with Crippen LogP contribution in [0.25, 0.3) is 0 Å². The maximum absolute atomic E-state index is 2.37. The largest absolute Gasteiger partial charge is 0.162 e. The van der Waals surface area contributed by atoms with E-state index >= 15 is 0 Å². The summed E-state index contributed by atoms with van der Waals surface area (Å²) in [5.74, 6) is 4.31. The Labute approximate surface area is 111 Å². The van der Waals surface area contributed by atoms with Gasteiger partial charge in [0.25, 0.3) is 0 Å². The molecular formula is C16H26S. The molecular weight excluding hydrogens is 224 g/mol. The first-order valence-electron chi connectivity index (χ1n) is 6.80.